The summed E-state index contributed by atoms with van der Waals surface area (Å²) in [5.74, 6) is -1.54. The lowest BCUT2D eigenvalue weighted by Gasteiger charge is -2.11. The average Bonchev–Trinajstić information content (AvgIpc) is 2.25. The molecule has 0 aliphatic carbocycles. The van der Waals surface area contributed by atoms with Crippen molar-refractivity contribution in [3.63, 3.8) is 0 Å². The van der Waals surface area contributed by atoms with E-state index in [2.05, 4.69) is 4.74 Å². The van der Waals surface area contributed by atoms with Gasteiger partial charge in [0, 0.05) is 6.42 Å². The van der Waals surface area contributed by atoms with Gasteiger partial charge in [-0.1, -0.05) is 12.1 Å². The van der Waals surface area contributed by atoms with Crippen LogP contribution in [0, 0.1) is 0 Å². The van der Waals surface area contributed by atoms with Crippen LogP contribution < -0.4 is 5.73 Å². The number of hydrogen-bond acceptors (Lipinski definition) is 5. The molecule has 16 heavy (non-hydrogen) atoms. The zero-order chi connectivity index (χ0) is 12.1. The van der Waals surface area contributed by atoms with Gasteiger partial charge in [0.25, 0.3) is 0 Å². The van der Waals surface area contributed by atoms with E-state index in [0.29, 0.717) is 5.56 Å². The van der Waals surface area contributed by atoms with Gasteiger partial charge in [-0.25, -0.2) is 4.39 Å². The van der Waals surface area contributed by atoms with Crippen molar-refractivity contribution in [2.45, 2.75) is 12.5 Å². The van der Waals surface area contributed by atoms with Crippen molar-refractivity contribution in [2.75, 3.05) is 6.86 Å². The summed E-state index contributed by atoms with van der Waals surface area (Å²) in [5, 5.41) is 18.6. The van der Waals surface area contributed by atoms with E-state index < -0.39 is 18.9 Å². The molecule has 0 fully saturated rings. The molecule has 1 rings (SSSR count). The van der Waals surface area contributed by atoms with E-state index in [1.54, 1.807) is 0 Å². The number of carbonyl (C=O) groups excluding carboxylic acids is 1. The Morgan fingerprint density at radius 1 is 1.50 bits per heavy atom. The smallest absolute Gasteiger partial charge is 0.325 e. The number of hydrogen-bond donors (Lipinski definition) is 3. The largest absolute Gasteiger partial charge is 0.504 e. The molecule has 0 bridgehead atoms. The number of ether oxygens (including phenoxy) is 1. The highest BCUT2D eigenvalue weighted by molar-refractivity contribution is 5.76. The van der Waals surface area contributed by atoms with E-state index in [4.69, 9.17) is 5.73 Å². The number of esters is 1. The number of rotatable bonds is 4. The summed E-state index contributed by atoms with van der Waals surface area (Å²) in [6.07, 6.45) is -0.0426. The van der Waals surface area contributed by atoms with Crippen molar-refractivity contribution >= 4 is 5.97 Å². The van der Waals surface area contributed by atoms with E-state index in [9.17, 15) is 19.4 Å². The van der Waals surface area contributed by atoms with Gasteiger partial charge in [0.05, 0.1) is 0 Å². The molecule has 0 saturated carbocycles. The highest BCUT2D eigenvalue weighted by Gasteiger charge is 2.18. The van der Waals surface area contributed by atoms with Crippen molar-refractivity contribution in [1.82, 2.24) is 0 Å². The van der Waals surface area contributed by atoms with Crippen LogP contribution in [-0.2, 0) is 16.0 Å². The standard InChI is InChI=1S/C10H12FNO4/c11-5-16-10(15)7(12)4-6-2-1-3-8(13)9(6)14/h1-3,7,13-14H,4-5,12H2/t7-/m0/s1. The molecular formula is C10H12FNO4. The molecule has 0 unspecified atom stereocenters. The Hall–Kier alpha value is -1.82. The topological polar surface area (TPSA) is 92.8 Å². The second-order valence-corrected chi connectivity index (χ2v) is 3.17. The number of benzene rings is 1. The number of para-hydroxylation sites is 1. The molecule has 0 heterocycles. The minimum atomic E-state index is -1.24. The zero-order valence-corrected chi connectivity index (χ0v) is 8.39. The highest BCUT2D eigenvalue weighted by Crippen LogP contribution is 2.28. The second-order valence-electron chi connectivity index (χ2n) is 3.17. The Balaban J connectivity index is 2.73. The number of carbonyl (C=O) groups is 1. The summed E-state index contributed by atoms with van der Waals surface area (Å²) in [6, 6.07) is 3.21. The second kappa shape index (κ2) is 5.32. The van der Waals surface area contributed by atoms with Crippen molar-refractivity contribution < 1.29 is 24.1 Å². The van der Waals surface area contributed by atoms with Crippen LogP contribution in [0.3, 0.4) is 0 Å². The van der Waals surface area contributed by atoms with Gasteiger partial charge in [-0.15, -0.1) is 0 Å². The number of alkyl halides is 1. The number of phenolic OH excluding ortho intramolecular Hbond substituents is 2. The van der Waals surface area contributed by atoms with Gasteiger partial charge in [-0.2, -0.15) is 0 Å². The SMILES string of the molecule is N[C@@H](Cc1cccc(O)c1O)C(=O)OCF. The van der Waals surface area contributed by atoms with Gasteiger partial charge >= 0.3 is 5.97 Å². The molecule has 1 atom stereocenters. The van der Waals surface area contributed by atoms with E-state index in [1.807, 2.05) is 0 Å². The van der Waals surface area contributed by atoms with Gasteiger partial charge < -0.3 is 20.7 Å². The molecule has 0 aliphatic heterocycles. The summed E-state index contributed by atoms with van der Waals surface area (Å²) in [4.78, 5) is 11.0. The van der Waals surface area contributed by atoms with Crippen LogP contribution in [0.4, 0.5) is 4.39 Å². The molecule has 4 N–H and O–H groups in total. The maximum Gasteiger partial charge on any atom is 0.325 e. The first-order chi connectivity index (χ1) is 7.56. The predicted octanol–water partition coefficient (Wildman–Crippen LogP) is 0.438. The lowest BCUT2D eigenvalue weighted by atomic mass is 10.1. The molecule has 0 saturated heterocycles. The van der Waals surface area contributed by atoms with Crippen molar-refractivity contribution in [1.29, 1.82) is 0 Å². The zero-order valence-electron chi connectivity index (χ0n) is 8.39. The van der Waals surface area contributed by atoms with Gasteiger partial charge in [-0.3, -0.25) is 4.79 Å². The third-order valence-corrected chi connectivity index (χ3v) is 2.04. The fraction of sp³-hybridized carbons (Fsp3) is 0.300. The molecule has 0 radical (unpaired) electrons. The molecule has 5 nitrogen and oxygen atoms in total. The molecular weight excluding hydrogens is 217 g/mol. The fourth-order valence-electron chi connectivity index (χ4n) is 1.22. The molecule has 0 spiro atoms. The van der Waals surface area contributed by atoms with E-state index in [-0.39, 0.29) is 17.9 Å². The summed E-state index contributed by atoms with van der Waals surface area (Å²) in [5.41, 5.74) is 5.72. The molecule has 1 aromatic rings. The first-order valence-corrected chi connectivity index (χ1v) is 4.54. The Bertz CT molecular complexity index is 383. The van der Waals surface area contributed by atoms with Crippen LogP contribution in [0.25, 0.3) is 0 Å². The van der Waals surface area contributed by atoms with Crippen LogP contribution >= 0.6 is 0 Å². The fourth-order valence-corrected chi connectivity index (χ4v) is 1.22. The van der Waals surface area contributed by atoms with Crippen molar-refractivity contribution in [3.8, 4) is 11.5 Å². The third kappa shape index (κ3) is 2.83. The molecule has 0 aromatic heterocycles. The maximum absolute atomic E-state index is 11.7. The Morgan fingerprint density at radius 3 is 2.81 bits per heavy atom. The van der Waals surface area contributed by atoms with Crippen LogP contribution in [-0.4, -0.2) is 29.1 Å². The Morgan fingerprint density at radius 2 is 2.19 bits per heavy atom. The highest BCUT2D eigenvalue weighted by atomic mass is 19.1. The van der Waals surface area contributed by atoms with Crippen LogP contribution in [0.2, 0.25) is 0 Å². The molecule has 0 amide bonds. The third-order valence-electron chi connectivity index (χ3n) is 2.04. The Kier molecular flexibility index (Phi) is 4.07. The quantitative estimate of drug-likeness (QED) is 0.514. The van der Waals surface area contributed by atoms with Gasteiger partial charge in [0.15, 0.2) is 11.5 Å². The number of halogens is 1. The minimum absolute atomic E-state index is 0.0426. The summed E-state index contributed by atoms with van der Waals surface area (Å²) >= 11 is 0. The van der Waals surface area contributed by atoms with Crippen molar-refractivity contribution in [3.05, 3.63) is 23.8 Å². The molecule has 1 aromatic carbocycles. The lowest BCUT2D eigenvalue weighted by Crippen LogP contribution is -2.34. The lowest BCUT2D eigenvalue weighted by molar-refractivity contribution is -0.149. The van der Waals surface area contributed by atoms with Gasteiger partial charge in [0.2, 0.25) is 6.86 Å². The molecule has 6 heteroatoms. The summed E-state index contributed by atoms with van der Waals surface area (Å²) < 4.78 is 15.8. The normalized spacial score (nSPS) is 12.1. The van der Waals surface area contributed by atoms with Crippen LogP contribution in [0.15, 0.2) is 18.2 Å². The van der Waals surface area contributed by atoms with Crippen molar-refractivity contribution in [2.24, 2.45) is 5.73 Å². The monoisotopic (exact) mass is 229 g/mol. The van der Waals surface area contributed by atoms with Gasteiger partial charge in [0.1, 0.15) is 6.04 Å². The number of nitrogens with two attached hydrogens (primary N) is 1. The predicted molar refractivity (Wildman–Crippen MR) is 53.5 cm³/mol. The maximum atomic E-state index is 11.7. The van der Waals surface area contributed by atoms with Gasteiger partial charge in [-0.05, 0) is 11.6 Å². The molecule has 0 aliphatic rings. The molecule has 88 valence electrons. The van der Waals surface area contributed by atoms with Crippen LogP contribution in [0.5, 0.6) is 11.5 Å². The van der Waals surface area contributed by atoms with Crippen LogP contribution in [0.1, 0.15) is 5.56 Å². The van der Waals surface area contributed by atoms with E-state index >= 15 is 0 Å². The first-order valence-electron chi connectivity index (χ1n) is 4.54. The van der Waals surface area contributed by atoms with E-state index in [1.165, 1.54) is 18.2 Å². The Labute approximate surface area is 91.3 Å². The minimum Gasteiger partial charge on any atom is -0.504 e. The summed E-state index contributed by atoms with van der Waals surface area (Å²) in [6.45, 7) is -1.24. The van der Waals surface area contributed by atoms with E-state index in [0.717, 1.165) is 0 Å². The first kappa shape index (κ1) is 12.3. The number of phenols is 2. The summed E-state index contributed by atoms with van der Waals surface area (Å²) in [7, 11) is 0. The average molecular weight is 229 g/mol. The number of aromatic hydroxyl groups is 2.